The quantitative estimate of drug-likeness (QED) is 0.526. The highest BCUT2D eigenvalue weighted by molar-refractivity contribution is 5.85. The largest absolute Gasteiger partial charge is 0.368 e. The van der Waals surface area contributed by atoms with E-state index in [1.807, 2.05) is 0 Å². The maximum Gasteiger partial charge on any atom is 0.238 e. The van der Waals surface area contributed by atoms with Crippen LogP contribution in [-0.2, 0) is 4.79 Å². The lowest BCUT2D eigenvalue weighted by molar-refractivity contribution is -0.128. The smallest absolute Gasteiger partial charge is 0.238 e. The van der Waals surface area contributed by atoms with Crippen LogP contribution in [-0.4, -0.2) is 18.0 Å². The highest BCUT2D eigenvalue weighted by Crippen LogP contribution is 2.36. The molecule has 0 aromatic rings. The van der Waals surface area contributed by atoms with Crippen molar-refractivity contribution in [3.05, 3.63) is 0 Å². The maximum atomic E-state index is 12.7. The minimum atomic E-state index is -0.602. The van der Waals surface area contributed by atoms with Crippen LogP contribution >= 0.6 is 0 Å². The molecule has 1 unspecified atom stereocenters. The van der Waals surface area contributed by atoms with E-state index in [0.29, 0.717) is 17.8 Å². The van der Waals surface area contributed by atoms with Crippen molar-refractivity contribution in [1.29, 1.82) is 0 Å². The molecule has 0 spiro atoms. The van der Waals surface area contributed by atoms with Crippen LogP contribution in [0.25, 0.3) is 0 Å². The zero-order valence-corrected chi connectivity index (χ0v) is 17.8. The molecular weight excluding hydrogens is 296 g/mol. The lowest BCUT2D eigenvalue weighted by Crippen LogP contribution is -2.62. The van der Waals surface area contributed by atoms with E-state index in [0.717, 1.165) is 32.2 Å². The Labute approximate surface area is 151 Å². The molecule has 144 valence electrons. The molecule has 3 heteroatoms. The number of amides is 1. The monoisotopic (exact) mass is 340 g/mol. The van der Waals surface area contributed by atoms with Crippen molar-refractivity contribution in [2.75, 3.05) is 6.54 Å². The van der Waals surface area contributed by atoms with E-state index in [1.165, 1.54) is 0 Å². The predicted octanol–water partition coefficient (Wildman–Crippen LogP) is 4.99. The molecule has 0 rings (SSSR count). The third kappa shape index (κ3) is 7.55. The summed E-state index contributed by atoms with van der Waals surface area (Å²) in [6.07, 6.45) is 3.96. The molecule has 0 heterocycles. The zero-order chi connectivity index (χ0) is 19.1. The van der Waals surface area contributed by atoms with Crippen LogP contribution < -0.4 is 11.1 Å². The minimum absolute atomic E-state index is 0.165. The normalized spacial score (nSPS) is 15.5. The Balaban J connectivity index is 5.77. The fourth-order valence-corrected chi connectivity index (χ4v) is 3.57. The number of nitrogens with two attached hydrogens (primary N) is 1. The van der Waals surface area contributed by atoms with Crippen molar-refractivity contribution >= 4 is 5.91 Å². The summed E-state index contributed by atoms with van der Waals surface area (Å²) >= 11 is 0. The van der Waals surface area contributed by atoms with Crippen LogP contribution in [0.2, 0.25) is 0 Å². The first-order chi connectivity index (χ1) is 10.9. The molecule has 0 fully saturated rings. The standard InChI is InChI=1S/C21H44N2O/c1-10-20(8,9)14-23-21(19(22)24,13-17(6)7)18(11-15(2)3)12-16(4)5/h15-18,23H,10-14H2,1-9H3,(H2,22,24). The second kappa shape index (κ2) is 9.79. The number of rotatable bonds is 12. The summed E-state index contributed by atoms with van der Waals surface area (Å²) in [4.78, 5) is 12.7. The predicted molar refractivity (Wildman–Crippen MR) is 106 cm³/mol. The summed E-state index contributed by atoms with van der Waals surface area (Å²) in [5, 5.41) is 3.69. The first-order valence-electron chi connectivity index (χ1n) is 9.91. The van der Waals surface area contributed by atoms with Crippen molar-refractivity contribution < 1.29 is 4.79 Å². The molecule has 3 N–H and O–H groups in total. The first-order valence-corrected chi connectivity index (χ1v) is 9.91. The van der Waals surface area contributed by atoms with Crippen molar-refractivity contribution in [3.8, 4) is 0 Å². The average molecular weight is 341 g/mol. The third-order valence-electron chi connectivity index (χ3n) is 5.22. The Morgan fingerprint density at radius 1 is 0.958 bits per heavy atom. The van der Waals surface area contributed by atoms with E-state index in [9.17, 15) is 4.79 Å². The lowest BCUT2D eigenvalue weighted by atomic mass is 9.70. The van der Waals surface area contributed by atoms with Gasteiger partial charge in [-0.3, -0.25) is 4.79 Å². The van der Waals surface area contributed by atoms with E-state index < -0.39 is 5.54 Å². The molecule has 1 atom stereocenters. The molecule has 0 bridgehead atoms. The van der Waals surface area contributed by atoms with Gasteiger partial charge in [-0.1, -0.05) is 62.3 Å². The van der Waals surface area contributed by atoms with Crippen molar-refractivity contribution in [2.24, 2.45) is 34.8 Å². The van der Waals surface area contributed by atoms with Gasteiger partial charge >= 0.3 is 0 Å². The number of hydrogen-bond acceptors (Lipinski definition) is 2. The van der Waals surface area contributed by atoms with Gasteiger partial charge in [0, 0.05) is 6.54 Å². The second-order valence-electron chi connectivity index (χ2n) is 9.76. The molecule has 1 amide bonds. The van der Waals surface area contributed by atoms with Gasteiger partial charge in [0.1, 0.15) is 5.54 Å². The van der Waals surface area contributed by atoms with E-state index in [1.54, 1.807) is 0 Å². The number of carbonyl (C=O) groups is 1. The molecule has 3 nitrogen and oxygen atoms in total. The topological polar surface area (TPSA) is 55.1 Å². The molecular formula is C21H44N2O. The van der Waals surface area contributed by atoms with E-state index in [2.05, 4.69) is 67.6 Å². The van der Waals surface area contributed by atoms with Gasteiger partial charge in [-0.15, -0.1) is 0 Å². The van der Waals surface area contributed by atoms with Crippen LogP contribution in [0.15, 0.2) is 0 Å². The summed E-state index contributed by atoms with van der Waals surface area (Å²) in [6, 6.07) is 0. The SMILES string of the molecule is CCC(C)(C)CNC(CC(C)C)(C(N)=O)C(CC(C)C)CC(C)C. The van der Waals surface area contributed by atoms with Gasteiger partial charge in [0.25, 0.3) is 0 Å². The summed E-state index contributed by atoms with van der Waals surface area (Å²) < 4.78 is 0. The molecule has 0 aliphatic rings. The van der Waals surface area contributed by atoms with Gasteiger partial charge in [0.2, 0.25) is 5.91 Å². The number of carbonyl (C=O) groups excluding carboxylic acids is 1. The zero-order valence-electron chi connectivity index (χ0n) is 17.8. The fourth-order valence-electron chi connectivity index (χ4n) is 3.57. The molecule has 0 saturated carbocycles. The lowest BCUT2D eigenvalue weighted by Gasteiger charge is -2.44. The molecule has 0 aliphatic heterocycles. The van der Waals surface area contributed by atoms with Crippen molar-refractivity contribution in [2.45, 2.75) is 93.5 Å². The second-order valence-corrected chi connectivity index (χ2v) is 9.76. The molecule has 24 heavy (non-hydrogen) atoms. The van der Waals surface area contributed by atoms with Gasteiger partial charge in [0.05, 0.1) is 0 Å². The first kappa shape index (κ1) is 23.4. The van der Waals surface area contributed by atoms with Gasteiger partial charge < -0.3 is 11.1 Å². The molecule has 0 aliphatic carbocycles. The van der Waals surface area contributed by atoms with Crippen LogP contribution in [0.5, 0.6) is 0 Å². The summed E-state index contributed by atoms with van der Waals surface area (Å²) in [6.45, 7) is 20.9. The fraction of sp³-hybridized carbons (Fsp3) is 0.952. The van der Waals surface area contributed by atoms with Crippen LogP contribution in [0.1, 0.15) is 88.0 Å². The van der Waals surface area contributed by atoms with Crippen LogP contribution in [0.4, 0.5) is 0 Å². The highest BCUT2D eigenvalue weighted by Gasteiger charge is 2.45. The van der Waals surface area contributed by atoms with Gasteiger partial charge in [-0.05, 0) is 54.8 Å². The van der Waals surface area contributed by atoms with Crippen LogP contribution in [0.3, 0.4) is 0 Å². The van der Waals surface area contributed by atoms with Gasteiger partial charge in [-0.2, -0.15) is 0 Å². The molecule has 0 aromatic carbocycles. The van der Waals surface area contributed by atoms with E-state index in [4.69, 9.17) is 5.73 Å². The van der Waals surface area contributed by atoms with Crippen molar-refractivity contribution in [1.82, 2.24) is 5.32 Å². The Morgan fingerprint density at radius 3 is 1.71 bits per heavy atom. The highest BCUT2D eigenvalue weighted by atomic mass is 16.1. The molecule has 0 radical (unpaired) electrons. The van der Waals surface area contributed by atoms with E-state index >= 15 is 0 Å². The molecule has 0 saturated heterocycles. The summed E-state index contributed by atoms with van der Waals surface area (Å²) in [5.74, 6) is 1.65. The van der Waals surface area contributed by atoms with Gasteiger partial charge in [-0.25, -0.2) is 0 Å². The number of hydrogen-bond donors (Lipinski definition) is 2. The summed E-state index contributed by atoms with van der Waals surface area (Å²) in [7, 11) is 0. The third-order valence-corrected chi connectivity index (χ3v) is 5.22. The average Bonchev–Trinajstić information content (AvgIpc) is 2.41. The number of primary amides is 1. The Morgan fingerprint density at radius 2 is 1.42 bits per heavy atom. The van der Waals surface area contributed by atoms with Crippen molar-refractivity contribution in [3.63, 3.8) is 0 Å². The molecule has 0 aromatic heterocycles. The Kier molecular flexibility index (Phi) is 9.56. The Bertz CT molecular complexity index is 364. The minimum Gasteiger partial charge on any atom is -0.368 e. The van der Waals surface area contributed by atoms with Gasteiger partial charge in [0.15, 0.2) is 0 Å². The van der Waals surface area contributed by atoms with E-state index in [-0.39, 0.29) is 17.2 Å². The number of nitrogens with one attached hydrogen (secondary N) is 1. The van der Waals surface area contributed by atoms with Crippen LogP contribution in [0, 0.1) is 29.1 Å². The summed E-state index contributed by atoms with van der Waals surface area (Å²) in [5.41, 5.74) is 5.60. The maximum absolute atomic E-state index is 12.7. The Hall–Kier alpha value is -0.570.